The van der Waals surface area contributed by atoms with E-state index >= 15 is 0 Å². The summed E-state index contributed by atoms with van der Waals surface area (Å²) in [5, 5.41) is 0. The zero-order chi connectivity index (χ0) is 7.82. The molecule has 0 unspecified atom stereocenters. The molecule has 0 aromatic rings. The molecule has 0 spiro atoms. The van der Waals surface area contributed by atoms with Gasteiger partial charge in [-0.3, -0.25) is 0 Å². The van der Waals surface area contributed by atoms with Crippen LogP contribution in [0.25, 0.3) is 0 Å². The van der Waals surface area contributed by atoms with Crippen LogP contribution in [0.4, 0.5) is 0 Å². The molecule has 0 aliphatic carbocycles. The first-order valence-electron chi connectivity index (χ1n) is 3.01. The Labute approximate surface area is 67.0 Å². The molecule has 0 nitrogen and oxygen atoms in total. The summed E-state index contributed by atoms with van der Waals surface area (Å²) in [7, 11) is 0. The summed E-state index contributed by atoms with van der Waals surface area (Å²) in [6, 6.07) is 0. The molecular weight excluding hydrogens is 140 g/mol. The monoisotopic (exact) mass is 152 g/mol. The van der Waals surface area contributed by atoms with Crippen LogP contribution in [0, 0.1) is 0 Å². The van der Waals surface area contributed by atoms with Crippen molar-refractivity contribution in [2.75, 3.05) is 6.26 Å². The minimum atomic E-state index is 1.16. The molecular formula is C9H12S. The Balaban J connectivity index is 3.97. The van der Waals surface area contributed by atoms with Crippen molar-refractivity contribution >= 4 is 11.8 Å². The van der Waals surface area contributed by atoms with Crippen molar-refractivity contribution in [2.24, 2.45) is 0 Å². The van der Waals surface area contributed by atoms with Gasteiger partial charge in [0, 0.05) is 4.91 Å². The van der Waals surface area contributed by atoms with E-state index in [1.54, 1.807) is 17.8 Å². The van der Waals surface area contributed by atoms with E-state index in [-0.39, 0.29) is 0 Å². The van der Waals surface area contributed by atoms with Gasteiger partial charge in [-0.2, -0.15) is 0 Å². The zero-order valence-electron chi connectivity index (χ0n) is 6.21. The van der Waals surface area contributed by atoms with E-state index in [0.29, 0.717) is 0 Å². The lowest BCUT2D eigenvalue weighted by Gasteiger charge is -1.89. The number of allylic oxidation sites excluding steroid dienone is 5. The summed E-state index contributed by atoms with van der Waals surface area (Å²) in [4.78, 5) is 1.16. The van der Waals surface area contributed by atoms with E-state index in [4.69, 9.17) is 0 Å². The van der Waals surface area contributed by atoms with Gasteiger partial charge in [0.2, 0.25) is 0 Å². The van der Waals surface area contributed by atoms with Crippen LogP contribution in [0.1, 0.15) is 0 Å². The Morgan fingerprint density at radius 2 is 2.00 bits per heavy atom. The number of thioether (sulfide) groups is 1. The fourth-order valence-electron chi connectivity index (χ4n) is 0.448. The van der Waals surface area contributed by atoms with Gasteiger partial charge in [0.1, 0.15) is 0 Å². The Morgan fingerprint density at radius 1 is 1.30 bits per heavy atom. The Morgan fingerprint density at radius 3 is 2.40 bits per heavy atom. The molecule has 0 saturated heterocycles. The highest BCUT2D eigenvalue weighted by Gasteiger charge is 1.80. The first-order valence-corrected chi connectivity index (χ1v) is 4.23. The zero-order valence-corrected chi connectivity index (χ0v) is 7.03. The number of hydrogen-bond acceptors (Lipinski definition) is 1. The number of rotatable bonds is 4. The molecule has 0 heterocycles. The normalized spacial score (nSPS) is 11.9. The van der Waals surface area contributed by atoms with Crippen molar-refractivity contribution in [3.63, 3.8) is 0 Å². The van der Waals surface area contributed by atoms with Crippen LogP contribution < -0.4 is 0 Å². The first kappa shape index (κ1) is 9.31. The first-order chi connectivity index (χ1) is 4.85. The highest BCUT2D eigenvalue weighted by atomic mass is 32.2. The topological polar surface area (TPSA) is 0 Å². The van der Waals surface area contributed by atoms with Crippen molar-refractivity contribution in [3.05, 3.63) is 48.4 Å². The fourth-order valence-corrected chi connectivity index (χ4v) is 0.830. The van der Waals surface area contributed by atoms with Gasteiger partial charge in [0.15, 0.2) is 0 Å². The lowest BCUT2D eigenvalue weighted by atomic mass is 10.4. The van der Waals surface area contributed by atoms with Crippen LogP contribution in [0.15, 0.2) is 48.4 Å². The molecule has 0 N–H and O–H groups in total. The van der Waals surface area contributed by atoms with E-state index < -0.39 is 0 Å². The fraction of sp³-hybridized carbons (Fsp3) is 0.111. The SMILES string of the molecule is C=C/C=C\C=C(/C=C)SC. The van der Waals surface area contributed by atoms with Gasteiger partial charge >= 0.3 is 0 Å². The Hall–Kier alpha value is -0.690. The van der Waals surface area contributed by atoms with Gasteiger partial charge in [-0.15, -0.1) is 11.8 Å². The Bertz CT molecular complexity index is 164. The largest absolute Gasteiger partial charge is 0.130 e. The molecule has 0 radical (unpaired) electrons. The minimum absolute atomic E-state index is 1.16. The molecule has 0 aromatic carbocycles. The average Bonchev–Trinajstić information content (AvgIpc) is 1.99. The second-order valence-corrected chi connectivity index (χ2v) is 2.48. The molecule has 0 aliphatic heterocycles. The molecule has 0 bridgehead atoms. The standard InChI is InChI=1S/C9H12S/c1-4-6-7-8-9(5-2)10-3/h4-8H,1-2H2,3H3/b7-6-,9-8+. The van der Waals surface area contributed by atoms with E-state index in [0.717, 1.165) is 4.91 Å². The third-order valence-electron chi connectivity index (χ3n) is 0.945. The third-order valence-corrected chi connectivity index (χ3v) is 1.72. The molecule has 0 amide bonds. The second kappa shape index (κ2) is 6.43. The highest BCUT2D eigenvalue weighted by molar-refractivity contribution is 8.02. The molecule has 1 heteroatoms. The summed E-state index contributed by atoms with van der Waals surface area (Å²) in [5.74, 6) is 0. The third kappa shape index (κ3) is 4.21. The molecule has 0 rings (SSSR count). The van der Waals surface area contributed by atoms with Crippen LogP contribution in [0.3, 0.4) is 0 Å². The lowest BCUT2D eigenvalue weighted by molar-refractivity contribution is 1.87. The molecule has 54 valence electrons. The second-order valence-electron chi connectivity index (χ2n) is 1.60. The molecule has 0 aromatic heterocycles. The van der Waals surface area contributed by atoms with Crippen LogP contribution in [-0.4, -0.2) is 6.26 Å². The van der Waals surface area contributed by atoms with Gasteiger partial charge in [-0.05, 0) is 12.3 Å². The van der Waals surface area contributed by atoms with Crippen LogP contribution in [0.5, 0.6) is 0 Å². The maximum absolute atomic E-state index is 3.66. The van der Waals surface area contributed by atoms with Crippen molar-refractivity contribution in [1.29, 1.82) is 0 Å². The van der Waals surface area contributed by atoms with E-state index in [1.165, 1.54) is 0 Å². The van der Waals surface area contributed by atoms with Crippen molar-refractivity contribution in [3.8, 4) is 0 Å². The van der Waals surface area contributed by atoms with Crippen LogP contribution in [-0.2, 0) is 0 Å². The molecule has 10 heavy (non-hydrogen) atoms. The van der Waals surface area contributed by atoms with Crippen molar-refractivity contribution in [2.45, 2.75) is 0 Å². The van der Waals surface area contributed by atoms with Gasteiger partial charge in [-0.25, -0.2) is 0 Å². The van der Waals surface area contributed by atoms with E-state index in [9.17, 15) is 0 Å². The van der Waals surface area contributed by atoms with Crippen molar-refractivity contribution < 1.29 is 0 Å². The van der Waals surface area contributed by atoms with Gasteiger partial charge in [0.25, 0.3) is 0 Å². The van der Waals surface area contributed by atoms with E-state index in [2.05, 4.69) is 13.2 Å². The average molecular weight is 152 g/mol. The lowest BCUT2D eigenvalue weighted by Crippen LogP contribution is -1.63. The maximum atomic E-state index is 3.66. The molecule has 0 atom stereocenters. The molecule has 0 saturated carbocycles. The summed E-state index contributed by atoms with van der Waals surface area (Å²) in [6.07, 6.45) is 11.4. The quantitative estimate of drug-likeness (QED) is 0.558. The van der Waals surface area contributed by atoms with E-state index in [1.807, 2.05) is 30.6 Å². The molecule has 0 fully saturated rings. The van der Waals surface area contributed by atoms with Crippen LogP contribution in [0.2, 0.25) is 0 Å². The summed E-state index contributed by atoms with van der Waals surface area (Å²) in [6.45, 7) is 7.22. The summed E-state index contributed by atoms with van der Waals surface area (Å²) in [5.41, 5.74) is 0. The maximum Gasteiger partial charge on any atom is 0.00632 e. The smallest absolute Gasteiger partial charge is 0.00632 e. The van der Waals surface area contributed by atoms with Crippen molar-refractivity contribution in [1.82, 2.24) is 0 Å². The Kier molecular flexibility index (Phi) is 5.99. The molecule has 0 aliphatic rings. The van der Waals surface area contributed by atoms with Crippen LogP contribution >= 0.6 is 11.8 Å². The summed E-state index contributed by atoms with van der Waals surface area (Å²) >= 11 is 1.68. The van der Waals surface area contributed by atoms with Gasteiger partial charge in [-0.1, -0.05) is 37.5 Å². The predicted molar refractivity (Wildman–Crippen MR) is 51.1 cm³/mol. The minimum Gasteiger partial charge on any atom is -0.130 e. The highest BCUT2D eigenvalue weighted by Crippen LogP contribution is 2.11. The number of hydrogen-bond donors (Lipinski definition) is 0. The predicted octanol–water partition coefficient (Wildman–Crippen LogP) is 3.16. The van der Waals surface area contributed by atoms with Gasteiger partial charge in [0.05, 0.1) is 0 Å². The van der Waals surface area contributed by atoms with Gasteiger partial charge < -0.3 is 0 Å². The summed E-state index contributed by atoms with van der Waals surface area (Å²) < 4.78 is 0.